The summed E-state index contributed by atoms with van der Waals surface area (Å²) in [6.45, 7) is 2.21. The molecule has 1 aromatic carbocycles. The number of para-hydroxylation sites is 2. The smallest absolute Gasteiger partial charge is 0.294 e. The van der Waals surface area contributed by atoms with E-state index < -0.39 is 0 Å². The van der Waals surface area contributed by atoms with Crippen LogP contribution in [0.5, 0.6) is 0 Å². The Labute approximate surface area is 161 Å². The van der Waals surface area contributed by atoms with Crippen molar-refractivity contribution in [1.82, 2.24) is 14.5 Å². The summed E-state index contributed by atoms with van der Waals surface area (Å²) in [5.41, 5.74) is 1.87. The molecule has 2 aromatic rings. The van der Waals surface area contributed by atoms with Crippen molar-refractivity contribution in [3.63, 3.8) is 0 Å². The van der Waals surface area contributed by atoms with Gasteiger partial charge in [0.1, 0.15) is 0 Å². The Morgan fingerprint density at radius 1 is 0.926 bits per heavy atom. The lowest BCUT2D eigenvalue weighted by Crippen LogP contribution is -2.43. The van der Waals surface area contributed by atoms with Crippen LogP contribution < -0.4 is 10.9 Å². The largest absolute Gasteiger partial charge is 0.369 e. The lowest BCUT2D eigenvalue weighted by Gasteiger charge is -2.39. The molecule has 2 fully saturated rings. The first kappa shape index (κ1) is 18.5. The molecular formula is C22H32N4O. The van der Waals surface area contributed by atoms with Gasteiger partial charge in [0.05, 0.1) is 11.0 Å². The van der Waals surface area contributed by atoms with Gasteiger partial charge in [0.25, 0.3) is 5.56 Å². The highest BCUT2D eigenvalue weighted by Gasteiger charge is 2.27. The molecule has 2 heterocycles. The minimum atomic E-state index is 0.0144. The first-order valence-electron chi connectivity index (χ1n) is 10.7. The molecule has 1 N–H and O–H groups in total. The van der Waals surface area contributed by atoms with Crippen LogP contribution in [0, 0.1) is 0 Å². The average molecular weight is 369 g/mol. The summed E-state index contributed by atoms with van der Waals surface area (Å²) >= 11 is 0. The molecule has 2 aliphatic rings. The van der Waals surface area contributed by atoms with E-state index in [0.717, 1.165) is 43.0 Å². The fourth-order valence-corrected chi connectivity index (χ4v) is 4.99. The van der Waals surface area contributed by atoms with Gasteiger partial charge in [-0.2, -0.15) is 0 Å². The van der Waals surface area contributed by atoms with Gasteiger partial charge < -0.3 is 14.8 Å². The maximum absolute atomic E-state index is 13.0. The summed E-state index contributed by atoms with van der Waals surface area (Å²) in [7, 11) is 1.78. The highest BCUT2D eigenvalue weighted by atomic mass is 16.1. The number of nitrogens with zero attached hydrogens (tertiary/aromatic N) is 3. The summed E-state index contributed by atoms with van der Waals surface area (Å²) in [6.07, 6.45) is 11.8. The quantitative estimate of drug-likeness (QED) is 0.883. The fraction of sp³-hybridized carbons (Fsp3) is 0.636. The van der Waals surface area contributed by atoms with Crippen molar-refractivity contribution in [3.8, 4) is 0 Å². The number of hydrogen-bond acceptors (Lipinski definition) is 4. The second kappa shape index (κ2) is 8.42. The van der Waals surface area contributed by atoms with E-state index in [-0.39, 0.29) is 11.6 Å². The predicted molar refractivity (Wildman–Crippen MR) is 112 cm³/mol. The highest BCUT2D eigenvalue weighted by Crippen LogP contribution is 2.29. The van der Waals surface area contributed by atoms with Crippen LogP contribution in [-0.4, -0.2) is 40.6 Å². The van der Waals surface area contributed by atoms with Gasteiger partial charge in [-0.05, 0) is 37.8 Å². The highest BCUT2D eigenvalue weighted by molar-refractivity contribution is 5.76. The number of piperidine rings is 1. The third-order valence-electron chi connectivity index (χ3n) is 6.49. The van der Waals surface area contributed by atoms with Gasteiger partial charge in [-0.15, -0.1) is 0 Å². The first-order chi connectivity index (χ1) is 13.3. The molecular weight excluding hydrogens is 336 g/mol. The van der Waals surface area contributed by atoms with Gasteiger partial charge in [0.2, 0.25) is 0 Å². The lowest BCUT2D eigenvalue weighted by molar-refractivity contribution is 0.116. The van der Waals surface area contributed by atoms with Crippen LogP contribution >= 0.6 is 0 Å². The second-order valence-corrected chi connectivity index (χ2v) is 8.14. The van der Waals surface area contributed by atoms with E-state index in [1.54, 1.807) is 7.05 Å². The van der Waals surface area contributed by atoms with Crippen molar-refractivity contribution in [2.45, 2.75) is 69.9 Å². The molecule has 5 nitrogen and oxygen atoms in total. The number of fused-ring (bicyclic) bond motifs is 1. The summed E-state index contributed by atoms with van der Waals surface area (Å²) in [5.74, 6) is 0.455. The number of likely N-dealkylation sites (tertiary alicyclic amines) is 1. The molecule has 0 spiro atoms. The van der Waals surface area contributed by atoms with Crippen molar-refractivity contribution in [3.05, 3.63) is 34.6 Å². The summed E-state index contributed by atoms with van der Waals surface area (Å²) < 4.78 is 2.00. The van der Waals surface area contributed by atoms with E-state index in [0.29, 0.717) is 5.82 Å². The van der Waals surface area contributed by atoms with Gasteiger partial charge >= 0.3 is 0 Å². The van der Waals surface area contributed by atoms with Gasteiger partial charge in [-0.3, -0.25) is 4.79 Å². The molecule has 1 saturated carbocycles. The summed E-state index contributed by atoms with van der Waals surface area (Å²) in [4.78, 5) is 20.2. The molecule has 1 aliphatic heterocycles. The van der Waals surface area contributed by atoms with Crippen LogP contribution in [0.3, 0.4) is 0 Å². The Morgan fingerprint density at radius 2 is 1.59 bits per heavy atom. The number of benzene rings is 1. The van der Waals surface area contributed by atoms with Crippen LogP contribution in [0.2, 0.25) is 0 Å². The van der Waals surface area contributed by atoms with Gasteiger partial charge in [-0.1, -0.05) is 44.2 Å². The van der Waals surface area contributed by atoms with Crippen molar-refractivity contribution < 1.29 is 0 Å². The molecule has 0 amide bonds. The SMILES string of the molecule is CNc1nc2ccccc2n(C2CCN(C3CCCCCCC3)CC2)c1=O. The van der Waals surface area contributed by atoms with Crippen LogP contribution in [0.25, 0.3) is 11.0 Å². The molecule has 0 atom stereocenters. The number of aromatic nitrogens is 2. The van der Waals surface area contributed by atoms with Crippen molar-refractivity contribution in [2.24, 2.45) is 0 Å². The molecule has 1 aromatic heterocycles. The molecule has 146 valence electrons. The summed E-state index contributed by atoms with van der Waals surface area (Å²) in [5, 5.41) is 2.99. The molecule has 4 rings (SSSR count). The molecule has 1 saturated heterocycles. The van der Waals surface area contributed by atoms with Crippen molar-refractivity contribution in [2.75, 3.05) is 25.5 Å². The molecule has 0 radical (unpaired) electrons. The van der Waals surface area contributed by atoms with Gasteiger partial charge in [-0.25, -0.2) is 4.98 Å². The predicted octanol–water partition coefficient (Wildman–Crippen LogP) is 4.19. The van der Waals surface area contributed by atoms with E-state index >= 15 is 0 Å². The van der Waals surface area contributed by atoms with E-state index in [1.807, 2.05) is 28.8 Å². The van der Waals surface area contributed by atoms with Crippen LogP contribution in [-0.2, 0) is 0 Å². The Balaban J connectivity index is 1.54. The third kappa shape index (κ3) is 3.88. The van der Waals surface area contributed by atoms with E-state index in [1.165, 1.54) is 44.9 Å². The van der Waals surface area contributed by atoms with Gasteiger partial charge in [0.15, 0.2) is 5.82 Å². The van der Waals surface area contributed by atoms with Crippen LogP contribution in [0.4, 0.5) is 5.82 Å². The molecule has 0 unspecified atom stereocenters. The Bertz CT molecular complexity index is 815. The van der Waals surface area contributed by atoms with E-state index in [4.69, 9.17) is 0 Å². The van der Waals surface area contributed by atoms with Crippen molar-refractivity contribution in [1.29, 1.82) is 0 Å². The molecule has 5 heteroatoms. The molecule has 0 bridgehead atoms. The zero-order chi connectivity index (χ0) is 18.6. The standard InChI is InChI=1S/C22H32N4O/c1-23-21-22(27)26(20-12-8-7-11-19(20)24-21)18-13-15-25(16-14-18)17-9-5-3-2-4-6-10-17/h7-8,11-12,17-18H,2-6,9-10,13-16H2,1H3,(H,23,24). The van der Waals surface area contributed by atoms with Crippen molar-refractivity contribution >= 4 is 16.9 Å². The van der Waals surface area contributed by atoms with Gasteiger partial charge in [0, 0.05) is 32.2 Å². The zero-order valence-electron chi connectivity index (χ0n) is 16.5. The average Bonchev–Trinajstić information content (AvgIpc) is 2.68. The number of hydrogen-bond donors (Lipinski definition) is 1. The topological polar surface area (TPSA) is 50.2 Å². The third-order valence-corrected chi connectivity index (χ3v) is 6.49. The normalized spacial score (nSPS) is 21.1. The maximum Gasteiger partial charge on any atom is 0.294 e. The minimum Gasteiger partial charge on any atom is -0.369 e. The monoisotopic (exact) mass is 368 g/mol. The number of anilines is 1. The van der Waals surface area contributed by atoms with E-state index in [2.05, 4.69) is 15.2 Å². The minimum absolute atomic E-state index is 0.0144. The van der Waals surface area contributed by atoms with Crippen LogP contribution in [0.1, 0.15) is 63.8 Å². The Morgan fingerprint density at radius 3 is 2.30 bits per heavy atom. The molecule has 1 aliphatic carbocycles. The summed E-state index contributed by atoms with van der Waals surface area (Å²) in [6, 6.07) is 9.04. The first-order valence-corrected chi connectivity index (χ1v) is 10.7. The fourth-order valence-electron chi connectivity index (χ4n) is 4.99. The Kier molecular flexibility index (Phi) is 5.77. The zero-order valence-corrected chi connectivity index (χ0v) is 16.5. The lowest BCUT2D eigenvalue weighted by atomic mass is 9.93. The second-order valence-electron chi connectivity index (χ2n) is 8.14. The molecule has 27 heavy (non-hydrogen) atoms. The number of nitrogens with one attached hydrogen (secondary N) is 1. The maximum atomic E-state index is 13.0. The Hall–Kier alpha value is -1.88. The van der Waals surface area contributed by atoms with Crippen LogP contribution in [0.15, 0.2) is 29.1 Å². The number of rotatable bonds is 3. The van der Waals surface area contributed by atoms with E-state index in [9.17, 15) is 4.79 Å².